The minimum atomic E-state index is -0.284. The molecule has 5 heteroatoms. The highest BCUT2D eigenvalue weighted by molar-refractivity contribution is 5.85. The van der Waals surface area contributed by atoms with Gasteiger partial charge in [-0.2, -0.15) is 0 Å². The molecule has 0 unspecified atom stereocenters. The van der Waals surface area contributed by atoms with Gasteiger partial charge in [0, 0.05) is 13.1 Å². The van der Waals surface area contributed by atoms with E-state index in [0.29, 0.717) is 5.41 Å². The van der Waals surface area contributed by atoms with Crippen LogP contribution in [0, 0.1) is 5.41 Å². The largest absolute Gasteiger partial charge is 0.346 e. The van der Waals surface area contributed by atoms with E-state index in [4.69, 9.17) is 5.73 Å². The molecular weight excluding hydrogens is 218 g/mol. The molecule has 17 heavy (non-hydrogen) atoms. The second kappa shape index (κ2) is 6.00. The molecular formula is C12H23N3O2. The number of hydrogen-bond donors (Lipinski definition) is 2. The Morgan fingerprint density at radius 2 is 2.00 bits per heavy atom. The first-order chi connectivity index (χ1) is 7.94. The van der Waals surface area contributed by atoms with Gasteiger partial charge >= 0.3 is 0 Å². The van der Waals surface area contributed by atoms with Crippen LogP contribution >= 0.6 is 0 Å². The molecule has 0 aliphatic carbocycles. The van der Waals surface area contributed by atoms with Crippen LogP contribution in [0.15, 0.2) is 0 Å². The smallest absolute Gasteiger partial charge is 0.241 e. The average Bonchev–Trinajstić information content (AvgIpc) is 2.46. The predicted octanol–water partition coefficient (Wildman–Crippen LogP) is 0.100. The summed E-state index contributed by atoms with van der Waals surface area (Å²) in [6, 6.07) is 0. The van der Waals surface area contributed by atoms with Gasteiger partial charge < -0.3 is 16.0 Å². The molecule has 1 aliphatic heterocycles. The molecule has 5 nitrogen and oxygen atoms in total. The van der Waals surface area contributed by atoms with E-state index in [9.17, 15) is 9.59 Å². The molecule has 1 rings (SSSR count). The molecule has 0 bridgehead atoms. The molecule has 0 spiro atoms. The molecule has 98 valence electrons. The van der Waals surface area contributed by atoms with Crippen molar-refractivity contribution < 1.29 is 9.59 Å². The highest BCUT2D eigenvalue weighted by Crippen LogP contribution is 2.29. The molecule has 0 saturated carbocycles. The number of hydrogen-bond acceptors (Lipinski definition) is 3. The molecule has 1 saturated heterocycles. The summed E-state index contributed by atoms with van der Waals surface area (Å²) in [5.41, 5.74) is 5.48. The molecule has 1 fully saturated rings. The van der Waals surface area contributed by atoms with Crippen molar-refractivity contribution in [3.05, 3.63) is 0 Å². The highest BCUT2D eigenvalue weighted by atomic mass is 16.2. The standard InChI is InChI=1S/C12H23N3O2/c1-12(2)4-3-6-15(7-5-12)11(17)9-14-10(16)8-13/h3-9,13H2,1-2H3,(H,14,16). The van der Waals surface area contributed by atoms with E-state index in [-0.39, 0.29) is 24.9 Å². The van der Waals surface area contributed by atoms with Crippen LogP contribution in [0.5, 0.6) is 0 Å². The number of rotatable bonds is 3. The maximum Gasteiger partial charge on any atom is 0.241 e. The van der Waals surface area contributed by atoms with Crippen LogP contribution in [-0.2, 0) is 9.59 Å². The first-order valence-electron chi connectivity index (χ1n) is 6.19. The lowest BCUT2D eigenvalue weighted by atomic mass is 9.85. The quantitative estimate of drug-likeness (QED) is 0.736. The Labute approximate surface area is 103 Å². The monoisotopic (exact) mass is 241 g/mol. The van der Waals surface area contributed by atoms with Crippen LogP contribution in [0.1, 0.15) is 33.1 Å². The number of nitrogens with zero attached hydrogens (tertiary/aromatic N) is 1. The van der Waals surface area contributed by atoms with Crippen molar-refractivity contribution in [2.24, 2.45) is 11.1 Å². The lowest BCUT2D eigenvalue weighted by Gasteiger charge is -2.23. The van der Waals surface area contributed by atoms with Gasteiger partial charge in [-0.15, -0.1) is 0 Å². The van der Waals surface area contributed by atoms with Gasteiger partial charge in [-0.1, -0.05) is 13.8 Å². The summed E-state index contributed by atoms with van der Waals surface area (Å²) in [5, 5.41) is 2.52. The fourth-order valence-corrected chi connectivity index (χ4v) is 2.03. The molecule has 3 N–H and O–H groups in total. The normalized spacial score (nSPS) is 19.6. The van der Waals surface area contributed by atoms with Gasteiger partial charge in [0.25, 0.3) is 0 Å². The van der Waals surface area contributed by atoms with E-state index in [1.807, 2.05) is 4.90 Å². The number of amides is 2. The Morgan fingerprint density at radius 1 is 1.29 bits per heavy atom. The Kier molecular flexibility index (Phi) is 4.93. The maximum absolute atomic E-state index is 11.9. The van der Waals surface area contributed by atoms with Gasteiger partial charge in [-0.3, -0.25) is 9.59 Å². The fraction of sp³-hybridized carbons (Fsp3) is 0.833. The number of likely N-dealkylation sites (tertiary alicyclic amines) is 1. The van der Waals surface area contributed by atoms with Crippen molar-refractivity contribution in [1.29, 1.82) is 0 Å². The van der Waals surface area contributed by atoms with E-state index in [1.54, 1.807) is 0 Å². The fourth-order valence-electron chi connectivity index (χ4n) is 2.03. The van der Waals surface area contributed by atoms with E-state index >= 15 is 0 Å². The summed E-state index contributed by atoms with van der Waals surface area (Å²) in [7, 11) is 0. The zero-order chi connectivity index (χ0) is 12.9. The topological polar surface area (TPSA) is 75.4 Å². The van der Waals surface area contributed by atoms with Crippen molar-refractivity contribution in [3.8, 4) is 0 Å². The Balaban J connectivity index is 2.39. The van der Waals surface area contributed by atoms with Crippen LogP contribution in [0.3, 0.4) is 0 Å². The second-order valence-corrected chi connectivity index (χ2v) is 5.38. The summed E-state index contributed by atoms with van der Waals surface area (Å²) in [4.78, 5) is 24.7. The maximum atomic E-state index is 11.9. The van der Waals surface area contributed by atoms with Crippen LogP contribution in [0.2, 0.25) is 0 Å². The molecule has 2 amide bonds. The number of nitrogens with two attached hydrogens (primary N) is 1. The third-order valence-electron chi connectivity index (χ3n) is 3.31. The Hall–Kier alpha value is -1.10. The predicted molar refractivity (Wildman–Crippen MR) is 66.3 cm³/mol. The van der Waals surface area contributed by atoms with Gasteiger partial charge in [0.1, 0.15) is 0 Å². The zero-order valence-electron chi connectivity index (χ0n) is 10.8. The third-order valence-corrected chi connectivity index (χ3v) is 3.31. The lowest BCUT2D eigenvalue weighted by molar-refractivity contribution is -0.132. The van der Waals surface area contributed by atoms with Gasteiger partial charge in [0.2, 0.25) is 11.8 Å². The number of nitrogens with one attached hydrogen (secondary N) is 1. The minimum Gasteiger partial charge on any atom is -0.346 e. The Bertz CT molecular complexity index is 289. The Morgan fingerprint density at radius 3 is 2.65 bits per heavy atom. The summed E-state index contributed by atoms with van der Waals surface area (Å²) < 4.78 is 0. The van der Waals surface area contributed by atoms with Crippen LogP contribution < -0.4 is 11.1 Å². The molecule has 1 heterocycles. The van der Waals surface area contributed by atoms with E-state index < -0.39 is 0 Å². The van der Waals surface area contributed by atoms with E-state index in [1.165, 1.54) is 0 Å². The average molecular weight is 241 g/mol. The lowest BCUT2D eigenvalue weighted by Crippen LogP contribution is -2.42. The second-order valence-electron chi connectivity index (χ2n) is 5.38. The van der Waals surface area contributed by atoms with Crippen molar-refractivity contribution in [1.82, 2.24) is 10.2 Å². The van der Waals surface area contributed by atoms with Crippen LogP contribution in [0.25, 0.3) is 0 Å². The van der Waals surface area contributed by atoms with Crippen LogP contribution in [0.4, 0.5) is 0 Å². The first-order valence-corrected chi connectivity index (χ1v) is 6.19. The SMILES string of the molecule is CC1(C)CCCN(C(=O)CNC(=O)CN)CC1. The van der Waals surface area contributed by atoms with E-state index in [0.717, 1.165) is 32.4 Å². The van der Waals surface area contributed by atoms with E-state index in [2.05, 4.69) is 19.2 Å². The van der Waals surface area contributed by atoms with Crippen LogP contribution in [-0.4, -0.2) is 42.9 Å². The molecule has 1 aliphatic rings. The van der Waals surface area contributed by atoms with Crippen molar-refractivity contribution in [3.63, 3.8) is 0 Å². The summed E-state index contributed by atoms with van der Waals surface area (Å²) in [6.07, 6.45) is 3.19. The first kappa shape index (κ1) is 14.0. The van der Waals surface area contributed by atoms with Crippen molar-refractivity contribution in [2.45, 2.75) is 33.1 Å². The number of carbonyl (C=O) groups excluding carboxylic acids is 2. The summed E-state index contributed by atoms with van der Waals surface area (Å²) in [6.45, 7) is 6.04. The summed E-state index contributed by atoms with van der Waals surface area (Å²) in [5.74, 6) is -0.294. The minimum absolute atomic E-state index is 0.00972. The molecule has 0 atom stereocenters. The molecule has 0 aromatic carbocycles. The van der Waals surface area contributed by atoms with Gasteiger partial charge in [-0.05, 0) is 24.7 Å². The van der Waals surface area contributed by atoms with Gasteiger partial charge in [-0.25, -0.2) is 0 Å². The molecule has 0 aromatic heterocycles. The van der Waals surface area contributed by atoms with Crippen molar-refractivity contribution in [2.75, 3.05) is 26.2 Å². The van der Waals surface area contributed by atoms with Gasteiger partial charge in [0.15, 0.2) is 0 Å². The summed E-state index contributed by atoms with van der Waals surface area (Å²) >= 11 is 0. The molecule has 0 radical (unpaired) electrons. The third kappa shape index (κ3) is 4.73. The van der Waals surface area contributed by atoms with Gasteiger partial charge in [0.05, 0.1) is 13.1 Å². The molecule has 0 aromatic rings. The number of carbonyl (C=O) groups is 2. The highest BCUT2D eigenvalue weighted by Gasteiger charge is 2.25. The zero-order valence-corrected chi connectivity index (χ0v) is 10.8. The van der Waals surface area contributed by atoms with Crippen molar-refractivity contribution >= 4 is 11.8 Å².